The molecule has 4 aliphatic carbocycles. The number of fused-ring (bicyclic) bond motifs is 1. The highest BCUT2D eigenvalue weighted by atomic mass is 15.3. The minimum absolute atomic E-state index is 0.616. The maximum atomic E-state index is 5.08. The fourth-order valence-electron chi connectivity index (χ4n) is 6.73. The number of anilines is 2. The summed E-state index contributed by atoms with van der Waals surface area (Å²) in [7, 11) is 0. The highest BCUT2D eigenvalue weighted by Crippen LogP contribution is 2.54. The summed E-state index contributed by atoms with van der Waals surface area (Å²) in [5.41, 5.74) is 1.08. The molecule has 1 N–H and O–H groups in total. The minimum Gasteiger partial charge on any atom is -0.366 e. The van der Waals surface area contributed by atoms with Crippen molar-refractivity contribution in [2.75, 3.05) is 23.3 Å². The predicted molar refractivity (Wildman–Crippen MR) is 110 cm³/mol. The molecule has 0 unspecified atom stereocenters. The maximum absolute atomic E-state index is 5.08. The van der Waals surface area contributed by atoms with E-state index in [-0.39, 0.29) is 0 Å². The average molecular weight is 363 g/mol. The molecule has 4 nitrogen and oxygen atoms in total. The fourth-order valence-corrected chi connectivity index (χ4v) is 6.73. The molecular weight excluding hydrogens is 332 g/mol. The molecular formula is C23H30N4. The SMILES string of the molecule is c1ccc2c(NC3C4CC5CC(C4)CC3C5)nc(N3CCCCC3)nc2c1. The van der Waals surface area contributed by atoms with Crippen molar-refractivity contribution >= 4 is 22.7 Å². The first kappa shape index (κ1) is 16.1. The van der Waals surface area contributed by atoms with Crippen LogP contribution in [0.4, 0.5) is 11.8 Å². The molecule has 4 saturated carbocycles. The number of nitrogens with one attached hydrogen (secondary N) is 1. The van der Waals surface area contributed by atoms with Crippen molar-refractivity contribution in [3.05, 3.63) is 24.3 Å². The molecule has 0 spiro atoms. The van der Waals surface area contributed by atoms with Gasteiger partial charge < -0.3 is 10.2 Å². The van der Waals surface area contributed by atoms with Crippen LogP contribution in [0, 0.1) is 23.7 Å². The lowest BCUT2D eigenvalue weighted by Gasteiger charge is -2.54. The van der Waals surface area contributed by atoms with Crippen molar-refractivity contribution in [2.24, 2.45) is 23.7 Å². The summed E-state index contributed by atoms with van der Waals surface area (Å²) in [5.74, 6) is 5.74. The molecule has 27 heavy (non-hydrogen) atoms. The molecule has 2 aromatic rings. The summed E-state index contributed by atoms with van der Waals surface area (Å²) in [6.45, 7) is 2.19. The molecule has 1 aromatic carbocycles. The molecule has 5 aliphatic rings. The Hall–Kier alpha value is -1.84. The Morgan fingerprint density at radius 2 is 1.52 bits per heavy atom. The van der Waals surface area contributed by atoms with Crippen LogP contribution in [-0.2, 0) is 0 Å². The van der Waals surface area contributed by atoms with Gasteiger partial charge in [-0.25, -0.2) is 4.98 Å². The topological polar surface area (TPSA) is 41.1 Å². The molecule has 1 aliphatic heterocycles. The Morgan fingerprint density at radius 3 is 2.26 bits per heavy atom. The highest BCUT2D eigenvalue weighted by molar-refractivity contribution is 5.90. The lowest BCUT2D eigenvalue weighted by atomic mass is 9.54. The summed E-state index contributed by atoms with van der Waals surface area (Å²) in [4.78, 5) is 12.4. The van der Waals surface area contributed by atoms with Crippen LogP contribution >= 0.6 is 0 Å². The Balaban J connectivity index is 1.36. The van der Waals surface area contributed by atoms with E-state index in [1.165, 1.54) is 56.8 Å². The van der Waals surface area contributed by atoms with Crippen molar-refractivity contribution in [1.82, 2.24) is 9.97 Å². The maximum Gasteiger partial charge on any atom is 0.227 e. The Labute approximate surface area is 161 Å². The lowest BCUT2D eigenvalue weighted by molar-refractivity contribution is 0.00746. The van der Waals surface area contributed by atoms with Crippen molar-refractivity contribution in [1.29, 1.82) is 0 Å². The third-order valence-corrected chi connectivity index (χ3v) is 7.76. The quantitative estimate of drug-likeness (QED) is 0.847. The summed E-state index contributed by atoms with van der Waals surface area (Å²) in [6, 6.07) is 9.17. The van der Waals surface area contributed by atoms with Crippen molar-refractivity contribution in [3.8, 4) is 0 Å². The van der Waals surface area contributed by atoms with Crippen LogP contribution in [0.25, 0.3) is 10.9 Å². The van der Waals surface area contributed by atoms with E-state index in [0.29, 0.717) is 6.04 Å². The third-order valence-electron chi connectivity index (χ3n) is 7.76. The van der Waals surface area contributed by atoms with Crippen LogP contribution in [0.15, 0.2) is 24.3 Å². The Kier molecular flexibility index (Phi) is 3.80. The van der Waals surface area contributed by atoms with Gasteiger partial charge in [-0.3, -0.25) is 0 Å². The van der Waals surface area contributed by atoms with Gasteiger partial charge in [-0.1, -0.05) is 12.1 Å². The summed E-state index contributed by atoms with van der Waals surface area (Å²) in [5, 5.41) is 5.16. The normalized spacial score (nSPS) is 35.0. The second-order valence-corrected chi connectivity index (χ2v) is 9.54. The number of benzene rings is 1. The molecule has 7 rings (SSSR count). The van der Waals surface area contributed by atoms with Crippen LogP contribution in [0.5, 0.6) is 0 Å². The van der Waals surface area contributed by atoms with Crippen LogP contribution in [-0.4, -0.2) is 29.1 Å². The molecule has 0 amide bonds. The van der Waals surface area contributed by atoms with Crippen molar-refractivity contribution in [3.63, 3.8) is 0 Å². The first-order chi connectivity index (χ1) is 13.3. The fraction of sp³-hybridized carbons (Fsp3) is 0.652. The summed E-state index contributed by atoms with van der Waals surface area (Å²) >= 11 is 0. The predicted octanol–water partition coefficient (Wildman–Crippen LogP) is 4.86. The summed E-state index contributed by atoms with van der Waals surface area (Å²) in [6.07, 6.45) is 11.1. The monoisotopic (exact) mass is 362 g/mol. The Bertz CT molecular complexity index is 813. The van der Waals surface area contributed by atoms with E-state index in [1.54, 1.807) is 0 Å². The van der Waals surface area contributed by atoms with Gasteiger partial charge in [0.05, 0.1) is 5.52 Å². The molecule has 2 heterocycles. The van der Waals surface area contributed by atoms with E-state index in [9.17, 15) is 0 Å². The molecule has 4 heteroatoms. The molecule has 0 atom stereocenters. The molecule has 1 aromatic heterocycles. The number of hydrogen-bond donors (Lipinski definition) is 1. The van der Waals surface area contributed by atoms with Gasteiger partial charge in [-0.15, -0.1) is 0 Å². The number of nitrogens with zero attached hydrogens (tertiary/aromatic N) is 3. The zero-order valence-electron chi connectivity index (χ0n) is 16.1. The number of aromatic nitrogens is 2. The number of para-hydroxylation sites is 1. The Morgan fingerprint density at radius 1 is 0.815 bits per heavy atom. The van der Waals surface area contributed by atoms with Gasteiger partial charge in [0.1, 0.15) is 5.82 Å². The van der Waals surface area contributed by atoms with Gasteiger partial charge in [-0.05, 0) is 87.2 Å². The minimum atomic E-state index is 0.616. The molecule has 5 fully saturated rings. The average Bonchev–Trinajstić information content (AvgIpc) is 2.70. The van der Waals surface area contributed by atoms with Crippen LogP contribution in [0.2, 0.25) is 0 Å². The lowest BCUT2D eigenvalue weighted by Crippen LogP contribution is -2.51. The van der Waals surface area contributed by atoms with Crippen LogP contribution in [0.3, 0.4) is 0 Å². The van der Waals surface area contributed by atoms with Gasteiger partial charge in [0.15, 0.2) is 0 Å². The van der Waals surface area contributed by atoms with E-state index in [2.05, 4.69) is 34.5 Å². The van der Waals surface area contributed by atoms with E-state index >= 15 is 0 Å². The van der Waals surface area contributed by atoms with E-state index < -0.39 is 0 Å². The molecule has 142 valence electrons. The second kappa shape index (κ2) is 6.35. The zero-order chi connectivity index (χ0) is 17.8. The number of piperidine rings is 1. The molecule has 4 bridgehead atoms. The molecule has 0 radical (unpaired) electrons. The first-order valence-corrected chi connectivity index (χ1v) is 11.1. The smallest absolute Gasteiger partial charge is 0.227 e. The van der Waals surface area contributed by atoms with Crippen LogP contribution in [0.1, 0.15) is 51.4 Å². The van der Waals surface area contributed by atoms with Gasteiger partial charge >= 0.3 is 0 Å². The zero-order valence-corrected chi connectivity index (χ0v) is 16.1. The van der Waals surface area contributed by atoms with E-state index in [0.717, 1.165) is 54.0 Å². The van der Waals surface area contributed by atoms with E-state index in [1.807, 2.05) is 0 Å². The second-order valence-electron chi connectivity index (χ2n) is 9.54. The highest BCUT2D eigenvalue weighted by Gasteiger charge is 2.48. The van der Waals surface area contributed by atoms with Crippen molar-refractivity contribution < 1.29 is 0 Å². The van der Waals surface area contributed by atoms with E-state index in [4.69, 9.17) is 9.97 Å². The number of rotatable bonds is 3. The summed E-state index contributed by atoms with van der Waals surface area (Å²) < 4.78 is 0. The van der Waals surface area contributed by atoms with Gasteiger partial charge in [0, 0.05) is 24.5 Å². The number of hydrogen-bond acceptors (Lipinski definition) is 4. The van der Waals surface area contributed by atoms with Crippen LogP contribution < -0.4 is 10.2 Å². The van der Waals surface area contributed by atoms with Gasteiger partial charge in [0.25, 0.3) is 0 Å². The first-order valence-electron chi connectivity index (χ1n) is 11.1. The largest absolute Gasteiger partial charge is 0.366 e. The van der Waals surface area contributed by atoms with Gasteiger partial charge in [-0.2, -0.15) is 4.98 Å². The standard InChI is InChI=1S/C23H30N4/c1-4-8-27(9-5-1)23-24-20-7-3-2-6-19(20)22(26-23)25-21-17-11-15-10-16(13-17)14-18(21)12-15/h2-3,6-7,15-18,21H,1,4-5,8-14H2,(H,24,25,26). The molecule has 1 saturated heterocycles. The third kappa shape index (κ3) is 2.79. The van der Waals surface area contributed by atoms with Gasteiger partial charge in [0.2, 0.25) is 5.95 Å². The van der Waals surface area contributed by atoms with Crippen molar-refractivity contribution in [2.45, 2.75) is 57.4 Å².